The molecule has 0 spiro atoms. The van der Waals surface area contributed by atoms with Crippen molar-refractivity contribution in [3.8, 4) is 23.0 Å². The third-order valence-electron chi connectivity index (χ3n) is 3.22. The van der Waals surface area contributed by atoms with Crippen LogP contribution >= 0.6 is 11.6 Å². The van der Waals surface area contributed by atoms with E-state index in [0.29, 0.717) is 22.3 Å². The molecule has 0 N–H and O–H groups in total. The highest BCUT2D eigenvalue weighted by Gasteiger charge is 2.14. The van der Waals surface area contributed by atoms with Crippen LogP contribution in [0.1, 0.15) is 0 Å². The lowest BCUT2D eigenvalue weighted by atomic mass is 10.1. The molecule has 1 aromatic carbocycles. The fourth-order valence-corrected chi connectivity index (χ4v) is 2.49. The summed E-state index contributed by atoms with van der Waals surface area (Å²) < 4.78 is 10.6. The Morgan fingerprint density at radius 2 is 1.81 bits per heavy atom. The zero-order valence-electron chi connectivity index (χ0n) is 11.6. The number of halogens is 1. The van der Waals surface area contributed by atoms with Crippen LogP contribution in [0.25, 0.3) is 22.2 Å². The van der Waals surface area contributed by atoms with Gasteiger partial charge in [-0.2, -0.15) is 0 Å². The summed E-state index contributed by atoms with van der Waals surface area (Å²) in [4.78, 5) is 8.81. The summed E-state index contributed by atoms with van der Waals surface area (Å²) in [6.45, 7) is 0. The third-order valence-corrected chi connectivity index (χ3v) is 3.61. The first-order valence-electron chi connectivity index (χ1n) is 6.37. The fraction of sp³-hybridized carbons (Fsp3) is 0.125. The summed E-state index contributed by atoms with van der Waals surface area (Å²) in [5.41, 5.74) is 1.46. The average Bonchev–Trinajstić information content (AvgIpc) is 2.55. The molecule has 4 nitrogen and oxygen atoms in total. The number of methoxy groups -OCH3 is 2. The second kappa shape index (κ2) is 5.58. The molecular formula is C16H13ClN2O2. The quantitative estimate of drug-likeness (QED) is 0.734. The minimum Gasteiger partial charge on any atom is -0.495 e. The van der Waals surface area contributed by atoms with E-state index in [-0.39, 0.29) is 0 Å². The van der Waals surface area contributed by atoms with E-state index >= 15 is 0 Å². The molecule has 21 heavy (non-hydrogen) atoms. The summed E-state index contributed by atoms with van der Waals surface area (Å²) in [6, 6.07) is 11.2. The predicted octanol–water partition coefficient (Wildman–Crippen LogP) is 3.97. The van der Waals surface area contributed by atoms with E-state index in [0.717, 1.165) is 16.5 Å². The molecule has 0 unspecified atom stereocenters. The number of fused-ring (bicyclic) bond motifs is 1. The van der Waals surface area contributed by atoms with Crippen molar-refractivity contribution < 1.29 is 9.47 Å². The molecule has 0 amide bonds. The number of hydrogen-bond donors (Lipinski definition) is 0. The maximum Gasteiger partial charge on any atom is 0.221 e. The first kappa shape index (κ1) is 13.6. The Morgan fingerprint density at radius 3 is 2.48 bits per heavy atom. The van der Waals surface area contributed by atoms with Crippen LogP contribution in [0, 0.1) is 0 Å². The van der Waals surface area contributed by atoms with E-state index in [9.17, 15) is 0 Å². The zero-order chi connectivity index (χ0) is 14.8. The molecule has 0 fully saturated rings. The largest absolute Gasteiger partial charge is 0.495 e. The molecule has 0 saturated carbocycles. The molecule has 0 atom stereocenters. The topological polar surface area (TPSA) is 44.2 Å². The Kier molecular flexibility index (Phi) is 3.62. The van der Waals surface area contributed by atoms with Crippen LogP contribution in [0.4, 0.5) is 0 Å². The number of benzene rings is 1. The Morgan fingerprint density at radius 1 is 0.952 bits per heavy atom. The van der Waals surface area contributed by atoms with Crippen LogP contribution in [-0.2, 0) is 0 Å². The Hall–Kier alpha value is -2.33. The van der Waals surface area contributed by atoms with E-state index in [1.165, 1.54) is 0 Å². The molecule has 2 heterocycles. The first-order valence-corrected chi connectivity index (χ1v) is 6.75. The normalized spacial score (nSPS) is 10.6. The van der Waals surface area contributed by atoms with Gasteiger partial charge < -0.3 is 9.47 Å². The van der Waals surface area contributed by atoms with Crippen LogP contribution in [-0.4, -0.2) is 24.2 Å². The molecule has 3 rings (SSSR count). The van der Waals surface area contributed by atoms with Gasteiger partial charge in [0.05, 0.1) is 30.6 Å². The van der Waals surface area contributed by atoms with Crippen molar-refractivity contribution in [3.63, 3.8) is 0 Å². The predicted molar refractivity (Wildman–Crippen MR) is 83.1 cm³/mol. The molecule has 3 aromatic rings. The second-order valence-corrected chi connectivity index (χ2v) is 4.79. The van der Waals surface area contributed by atoms with Gasteiger partial charge in [-0.05, 0) is 30.3 Å². The highest BCUT2D eigenvalue weighted by atomic mass is 35.5. The molecule has 106 valence electrons. The smallest absolute Gasteiger partial charge is 0.221 e. The standard InChI is InChI=1S/C16H13ClN2O2/c1-20-14-7-6-10-11(15(14)17)9-13(19-16(10)21-2)12-5-3-4-8-18-12/h3-9H,1-2H3. The number of ether oxygens (including phenoxy) is 2. The second-order valence-electron chi connectivity index (χ2n) is 4.41. The number of aromatic nitrogens is 2. The minimum atomic E-state index is 0.512. The lowest BCUT2D eigenvalue weighted by Crippen LogP contribution is -1.95. The lowest BCUT2D eigenvalue weighted by molar-refractivity contribution is 0.403. The maximum absolute atomic E-state index is 6.40. The van der Waals surface area contributed by atoms with Crippen molar-refractivity contribution in [1.82, 2.24) is 9.97 Å². The molecule has 0 radical (unpaired) electrons. The summed E-state index contributed by atoms with van der Waals surface area (Å²) in [7, 11) is 3.17. The van der Waals surface area contributed by atoms with Crippen molar-refractivity contribution in [1.29, 1.82) is 0 Å². The molecule has 5 heteroatoms. The van der Waals surface area contributed by atoms with E-state index in [2.05, 4.69) is 9.97 Å². The molecular weight excluding hydrogens is 288 g/mol. The van der Waals surface area contributed by atoms with Gasteiger partial charge in [0, 0.05) is 17.0 Å². The Bertz CT molecular complexity index is 791. The zero-order valence-corrected chi connectivity index (χ0v) is 12.4. The highest BCUT2D eigenvalue weighted by Crippen LogP contribution is 2.37. The van der Waals surface area contributed by atoms with Gasteiger partial charge in [-0.1, -0.05) is 17.7 Å². The Labute approximate surface area is 127 Å². The van der Waals surface area contributed by atoms with Crippen LogP contribution in [0.15, 0.2) is 42.6 Å². The van der Waals surface area contributed by atoms with Crippen LogP contribution in [0.3, 0.4) is 0 Å². The molecule has 0 saturated heterocycles. The van der Waals surface area contributed by atoms with Gasteiger partial charge in [0.25, 0.3) is 0 Å². The van der Waals surface area contributed by atoms with Gasteiger partial charge >= 0.3 is 0 Å². The molecule has 0 bridgehead atoms. The average molecular weight is 301 g/mol. The van der Waals surface area contributed by atoms with E-state index in [4.69, 9.17) is 21.1 Å². The van der Waals surface area contributed by atoms with Crippen molar-refractivity contribution in [2.45, 2.75) is 0 Å². The van der Waals surface area contributed by atoms with Crippen molar-refractivity contribution >= 4 is 22.4 Å². The summed E-state index contributed by atoms with van der Waals surface area (Å²) >= 11 is 6.40. The highest BCUT2D eigenvalue weighted by molar-refractivity contribution is 6.37. The van der Waals surface area contributed by atoms with Gasteiger partial charge in [-0.15, -0.1) is 0 Å². The van der Waals surface area contributed by atoms with Gasteiger partial charge in [0.2, 0.25) is 5.88 Å². The van der Waals surface area contributed by atoms with E-state index in [1.807, 2.05) is 30.3 Å². The fourth-order valence-electron chi connectivity index (χ4n) is 2.20. The van der Waals surface area contributed by atoms with Crippen LogP contribution in [0.2, 0.25) is 5.02 Å². The molecule has 0 aliphatic carbocycles. The van der Waals surface area contributed by atoms with Crippen molar-refractivity contribution in [2.75, 3.05) is 14.2 Å². The van der Waals surface area contributed by atoms with E-state index < -0.39 is 0 Å². The molecule has 0 aliphatic rings. The van der Waals surface area contributed by atoms with Crippen LogP contribution < -0.4 is 9.47 Å². The number of rotatable bonds is 3. The van der Waals surface area contributed by atoms with Gasteiger partial charge in [0.1, 0.15) is 5.75 Å². The number of pyridine rings is 2. The monoisotopic (exact) mass is 300 g/mol. The van der Waals surface area contributed by atoms with Crippen LogP contribution in [0.5, 0.6) is 11.6 Å². The number of nitrogens with zero attached hydrogens (tertiary/aromatic N) is 2. The Balaban J connectivity index is 2.31. The first-order chi connectivity index (χ1) is 10.2. The summed E-state index contributed by atoms with van der Waals surface area (Å²) in [5, 5.41) is 2.19. The SMILES string of the molecule is COc1ccc2c(OC)nc(-c3ccccn3)cc2c1Cl. The van der Waals surface area contributed by atoms with Crippen molar-refractivity contribution in [3.05, 3.63) is 47.6 Å². The third kappa shape index (κ3) is 2.38. The summed E-state index contributed by atoms with van der Waals surface area (Å²) in [6.07, 6.45) is 1.72. The van der Waals surface area contributed by atoms with Crippen molar-refractivity contribution in [2.24, 2.45) is 0 Å². The van der Waals surface area contributed by atoms with Gasteiger partial charge in [0.15, 0.2) is 0 Å². The molecule has 0 aliphatic heterocycles. The van der Waals surface area contributed by atoms with E-state index in [1.54, 1.807) is 26.5 Å². The van der Waals surface area contributed by atoms with Gasteiger partial charge in [-0.3, -0.25) is 4.98 Å². The van der Waals surface area contributed by atoms with Gasteiger partial charge in [-0.25, -0.2) is 4.98 Å². The maximum atomic E-state index is 6.40. The summed E-state index contributed by atoms with van der Waals surface area (Å²) in [5.74, 6) is 1.13. The molecule has 2 aromatic heterocycles. The lowest BCUT2D eigenvalue weighted by Gasteiger charge is -2.11. The number of hydrogen-bond acceptors (Lipinski definition) is 4. The minimum absolute atomic E-state index is 0.512.